The molecule has 0 bridgehead atoms. The van der Waals surface area contributed by atoms with Gasteiger partial charge in [-0.3, -0.25) is 0 Å². The topological polar surface area (TPSA) is 25.2 Å². The lowest BCUT2D eigenvalue weighted by atomic mass is 9.96. The minimum Gasteiger partial charge on any atom is -0.459 e. The highest BCUT2D eigenvalue weighted by atomic mass is 16.3. The molecule has 1 atom stereocenters. The van der Waals surface area contributed by atoms with Gasteiger partial charge in [0.2, 0.25) is 0 Å². The van der Waals surface area contributed by atoms with Crippen molar-refractivity contribution in [1.82, 2.24) is 5.32 Å². The van der Waals surface area contributed by atoms with Crippen LogP contribution < -0.4 is 5.32 Å². The minimum atomic E-state index is 0.366. The molecule has 1 fully saturated rings. The molecule has 96 valence electrons. The fourth-order valence-electron chi connectivity index (χ4n) is 2.61. The van der Waals surface area contributed by atoms with E-state index in [0.29, 0.717) is 11.5 Å². The number of nitrogens with one attached hydrogen (secondary N) is 1. The number of rotatable bonds is 5. The lowest BCUT2D eigenvalue weighted by molar-refractivity contribution is 0.316. The van der Waals surface area contributed by atoms with E-state index >= 15 is 0 Å². The number of benzene rings is 1. The molecule has 1 aliphatic carbocycles. The van der Waals surface area contributed by atoms with Crippen LogP contribution >= 0.6 is 0 Å². The first kappa shape index (κ1) is 11.8. The van der Waals surface area contributed by atoms with E-state index < -0.39 is 0 Å². The van der Waals surface area contributed by atoms with E-state index in [1.165, 1.54) is 18.2 Å². The number of hydrogen-bond donors (Lipinski definition) is 1. The van der Waals surface area contributed by atoms with E-state index in [0.717, 1.165) is 24.3 Å². The third-order valence-electron chi connectivity index (χ3n) is 4.06. The Labute approximate surface area is 108 Å². The molecule has 3 rings (SSSR count). The van der Waals surface area contributed by atoms with Gasteiger partial charge in [-0.15, -0.1) is 0 Å². The molecule has 0 amide bonds. The largest absolute Gasteiger partial charge is 0.459 e. The molecule has 1 N–H and O–H groups in total. The van der Waals surface area contributed by atoms with Crippen molar-refractivity contribution in [3.63, 3.8) is 0 Å². The zero-order valence-corrected chi connectivity index (χ0v) is 11.2. The molecule has 1 heterocycles. The molecule has 0 saturated heterocycles. The van der Waals surface area contributed by atoms with E-state index in [4.69, 9.17) is 4.42 Å². The standard InChI is InChI=1S/C16H21NO/c1-3-10-17-15(16(2)8-9-16)14-11-12-6-4-5-7-13(12)18-14/h4-7,11,15,17H,3,8-10H2,1-2H3. The summed E-state index contributed by atoms with van der Waals surface area (Å²) in [5.74, 6) is 1.10. The molecule has 1 aliphatic rings. The Morgan fingerprint density at radius 1 is 1.33 bits per heavy atom. The third-order valence-corrected chi connectivity index (χ3v) is 4.06. The Kier molecular flexibility index (Phi) is 2.90. The monoisotopic (exact) mass is 243 g/mol. The van der Waals surface area contributed by atoms with Crippen LogP contribution in [0.2, 0.25) is 0 Å². The van der Waals surface area contributed by atoms with E-state index in [1.54, 1.807) is 0 Å². The summed E-state index contributed by atoms with van der Waals surface area (Å²) in [7, 11) is 0. The van der Waals surface area contributed by atoms with Crippen LogP contribution in [0.1, 0.15) is 44.9 Å². The van der Waals surface area contributed by atoms with Crippen molar-refractivity contribution in [3.8, 4) is 0 Å². The van der Waals surface area contributed by atoms with Gasteiger partial charge in [-0.2, -0.15) is 0 Å². The summed E-state index contributed by atoms with van der Waals surface area (Å²) in [6, 6.07) is 10.8. The van der Waals surface area contributed by atoms with Gasteiger partial charge in [-0.05, 0) is 43.4 Å². The van der Waals surface area contributed by atoms with Crippen LogP contribution in [0.5, 0.6) is 0 Å². The van der Waals surface area contributed by atoms with Gasteiger partial charge in [0.1, 0.15) is 11.3 Å². The van der Waals surface area contributed by atoms with Crippen LogP contribution in [-0.2, 0) is 0 Å². The van der Waals surface area contributed by atoms with Crippen LogP contribution in [0.3, 0.4) is 0 Å². The van der Waals surface area contributed by atoms with E-state index in [1.807, 2.05) is 12.1 Å². The van der Waals surface area contributed by atoms with Crippen LogP contribution in [0.4, 0.5) is 0 Å². The van der Waals surface area contributed by atoms with Crippen molar-refractivity contribution >= 4 is 11.0 Å². The molecule has 1 aromatic heterocycles. The second kappa shape index (κ2) is 4.43. The van der Waals surface area contributed by atoms with Gasteiger partial charge in [0.05, 0.1) is 6.04 Å². The molecular formula is C16H21NO. The van der Waals surface area contributed by atoms with Crippen LogP contribution in [0.25, 0.3) is 11.0 Å². The summed E-state index contributed by atoms with van der Waals surface area (Å²) in [6.07, 6.45) is 3.75. The normalized spacial score (nSPS) is 19.0. The molecule has 0 spiro atoms. The molecule has 2 heteroatoms. The first-order valence-electron chi connectivity index (χ1n) is 6.95. The highest BCUT2D eigenvalue weighted by Crippen LogP contribution is 2.54. The molecule has 18 heavy (non-hydrogen) atoms. The summed E-state index contributed by atoms with van der Waals surface area (Å²) in [5, 5.41) is 4.86. The highest BCUT2D eigenvalue weighted by molar-refractivity contribution is 5.77. The first-order valence-corrected chi connectivity index (χ1v) is 6.95. The van der Waals surface area contributed by atoms with Crippen molar-refractivity contribution in [2.45, 2.75) is 39.2 Å². The van der Waals surface area contributed by atoms with Gasteiger partial charge in [0, 0.05) is 5.39 Å². The average Bonchev–Trinajstić information content (AvgIpc) is 2.97. The van der Waals surface area contributed by atoms with Gasteiger partial charge >= 0.3 is 0 Å². The Balaban J connectivity index is 1.93. The van der Waals surface area contributed by atoms with Crippen molar-refractivity contribution in [2.24, 2.45) is 5.41 Å². The van der Waals surface area contributed by atoms with E-state index in [2.05, 4.69) is 37.4 Å². The van der Waals surface area contributed by atoms with Gasteiger partial charge in [-0.1, -0.05) is 32.0 Å². The number of fused-ring (bicyclic) bond motifs is 1. The van der Waals surface area contributed by atoms with Gasteiger partial charge in [0.15, 0.2) is 0 Å². The summed E-state index contributed by atoms with van der Waals surface area (Å²) in [6.45, 7) is 5.61. The van der Waals surface area contributed by atoms with Crippen molar-refractivity contribution < 1.29 is 4.42 Å². The summed E-state index contributed by atoms with van der Waals surface area (Å²) < 4.78 is 6.03. The van der Waals surface area contributed by atoms with Crippen LogP contribution in [0.15, 0.2) is 34.7 Å². The quantitative estimate of drug-likeness (QED) is 0.848. The molecule has 0 radical (unpaired) electrons. The molecule has 2 aromatic rings. The highest BCUT2D eigenvalue weighted by Gasteiger charge is 2.46. The smallest absolute Gasteiger partial charge is 0.134 e. The van der Waals surface area contributed by atoms with Crippen molar-refractivity contribution in [3.05, 3.63) is 36.1 Å². The van der Waals surface area contributed by atoms with E-state index in [9.17, 15) is 0 Å². The summed E-state index contributed by atoms with van der Waals surface area (Å²) in [5.41, 5.74) is 1.39. The predicted octanol–water partition coefficient (Wildman–Crippen LogP) is 4.27. The zero-order chi connectivity index (χ0) is 12.6. The Morgan fingerprint density at radius 3 is 2.78 bits per heavy atom. The van der Waals surface area contributed by atoms with Crippen LogP contribution in [0, 0.1) is 5.41 Å². The maximum Gasteiger partial charge on any atom is 0.134 e. The first-order chi connectivity index (χ1) is 8.73. The molecule has 1 unspecified atom stereocenters. The van der Waals surface area contributed by atoms with Gasteiger partial charge in [-0.25, -0.2) is 0 Å². The lowest BCUT2D eigenvalue weighted by Crippen LogP contribution is -2.28. The average molecular weight is 243 g/mol. The summed E-state index contributed by atoms with van der Waals surface area (Å²) in [4.78, 5) is 0. The zero-order valence-electron chi connectivity index (χ0n) is 11.2. The van der Waals surface area contributed by atoms with Gasteiger partial charge in [0.25, 0.3) is 0 Å². The van der Waals surface area contributed by atoms with Crippen LogP contribution in [-0.4, -0.2) is 6.54 Å². The van der Waals surface area contributed by atoms with Crippen molar-refractivity contribution in [2.75, 3.05) is 6.54 Å². The maximum absolute atomic E-state index is 6.03. The summed E-state index contributed by atoms with van der Waals surface area (Å²) >= 11 is 0. The lowest BCUT2D eigenvalue weighted by Gasteiger charge is -2.22. The SMILES string of the molecule is CCCNC(c1cc2ccccc2o1)C1(C)CC1. The Hall–Kier alpha value is -1.28. The van der Waals surface area contributed by atoms with Gasteiger partial charge < -0.3 is 9.73 Å². The molecular weight excluding hydrogens is 222 g/mol. The number of hydrogen-bond acceptors (Lipinski definition) is 2. The molecule has 1 aromatic carbocycles. The fraction of sp³-hybridized carbons (Fsp3) is 0.500. The fourth-order valence-corrected chi connectivity index (χ4v) is 2.61. The molecule has 1 saturated carbocycles. The Morgan fingerprint density at radius 2 is 2.11 bits per heavy atom. The van der Waals surface area contributed by atoms with Crippen molar-refractivity contribution in [1.29, 1.82) is 0 Å². The molecule has 2 nitrogen and oxygen atoms in total. The molecule has 0 aliphatic heterocycles. The third kappa shape index (κ3) is 2.05. The maximum atomic E-state index is 6.03. The predicted molar refractivity (Wildman–Crippen MR) is 74.6 cm³/mol. The Bertz CT molecular complexity index is 506. The number of para-hydroxylation sites is 1. The second-order valence-corrected chi connectivity index (χ2v) is 5.73. The van der Waals surface area contributed by atoms with E-state index in [-0.39, 0.29) is 0 Å². The minimum absolute atomic E-state index is 0.366. The number of furan rings is 1. The second-order valence-electron chi connectivity index (χ2n) is 5.73.